The van der Waals surface area contributed by atoms with Gasteiger partial charge in [-0.05, 0) is 38.5 Å². The molecule has 0 aromatic heterocycles. The van der Waals surface area contributed by atoms with Crippen molar-refractivity contribution in [3.8, 4) is 0 Å². The predicted molar refractivity (Wildman–Crippen MR) is 259 cm³/mol. The van der Waals surface area contributed by atoms with Crippen molar-refractivity contribution in [1.29, 1.82) is 0 Å². The average Bonchev–Trinajstić information content (AvgIpc) is 3.23. The van der Waals surface area contributed by atoms with E-state index < -0.39 is 18.1 Å². The van der Waals surface area contributed by atoms with E-state index in [1.807, 2.05) is 21.1 Å². The van der Waals surface area contributed by atoms with Crippen LogP contribution in [0, 0.1) is 0 Å². The van der Waals surface area contributed by atoms with E-state index in [-0.39, 0.29) is 42.7 Å². The number of carbonyl (C=O) groups excluding carboxylic acids is 3. The Morgan fingerprint density at radius 3 is 1.16 bits per heavy atom. The molecule has 0 aliphatic carbocycles. The zero-order chi connectivity index (χ0) is 45.6. The molecule has 0 saturated heterocycles. The second-order valence-corrected chi connectivity index (χ2v) is 19.5. The first-order valence-electron chi connectivity index (χ1n) is 26.7. The third-order valence-electron chi connectivity index (χ3n) is 12.4. The molecule has 0 radical (unpaired) electrons. The van der Waals surface area contributed by atoms with Gasteiger partial charge in [0.25, 0.3) is 0 Å². The Morgan fingerprint density at radius 1 is 0.468 bits per heavy atom. The molecule has 0 aliphatic heterocycles. The number of hydrogen-bond donors (Lipinski definition) is 0. The number of nitrogens with zero attached hydrogens (tertiary/aromatic N) is 1. The van der Waals surface area contributed by atoms with Crippen LogP contribution in [0.25, 0.3) is 0 Å². The van der Waals surface area contributed by atoms with Crippen molar-refractivity contribution >= 4 is 17.9 Å². The summed E-state index contributed by atoms with van der Waals surface area (Å²) in [6.07, 6.45) is 51.0. The van der Waals surface area contributed by atoms with Crippen molar-refractivity contribution in [2.45, 2.75) is 276 Å². The van der Waals surface area contributed by atoms with Crippen LogP contribution in [0.2, 0.25) is 0 Å². The van der Waals surface area contributed by atoms with Crippen molar-refractivity contribution in [1.82, 2.24) is 0 Å². The van der Waals surface area contributed by atoms with E-state index in [1.54, 1.807) is 0 Å². The number of allylic oxidation sites excluding steroid dienone is 2. The van der Waals surface area contributed by atoms with E-state index in [0.29, 0.717) is 12.8 Å². The standard InChI is InChI=1S/C54H103NO7/c1-6-8-10-12-14-16-18-20-22-24-26-27-29-31-33-35-37-39-41-43-45-53(57)62-50(48-60-47-46-51(54(58)59)55(3,4)5)49-61-52(56)44-42-40-38-36-34-32-30-28-25-23-21-19-17-15-13-11-9-7-2/h26-27,50-51H,6-25,28-49H2,1-5H3/b27-26+. The molecular weight excluding hydrogens is 775 g/mol. The summed E-state index contributed by atoms with van der Waals surface area (Å²) in [6.45, 7) is 4.71. The van der Waals surface area contributed by atoms with Crippen LogP contribution in [-0.4, -0.2) is 75.5 Å². The van der Waals surface area contributed by atoms with Crippen LogP contribution in [0.4, 0.5) is 0 Å². The fourth-order valence-electron chi connectivity index (χ4n) is 8.25. The molecule has 0 aromatic rings. The van der Waals surface area contributed by atoms with Gasteiger partial charge in [-0.1, -0.05) is 219 Å². The second-order valence-electron chi connectivity index (χ2n) is 19.5. The number of hydrogen-bond acceptors (Lipinski definition) is 7. The number of carbonyl (C=O) groups is 3. The first-order chi connectivity index (χ1) is 30.1. The van der Waals surface area contributed by atoms with Crippen LogP contribution in [0.15, 0.2) is 12.2 Å². The van der Waals surface area contributed by atoms with Crippen LogP contribution >= 0.6 is 0 Å². The van der Waals surface area contributed by atoms with Gasteiger partial charge in [-0.2, -0.15) is 0 Å². The van der Waals surface area contributed by atoms with E-state index in [2.05, 4.69) is 26.0 Å². The highest BCUT2D eigenvalue weighted by molar-refractivity contribution is 5.70. The zero-order valence-corrected chi connectivity index (χ0v) is 41.8. The lowest BCUT2D eigenvalue weighted by molar-refractivity contribution is -0.889. The van der Waals surface area contributed by atoms with Crippen molar-refractivity contribution < 1.29 is 38.2 Å². The van der Waals surface area contributed by atoms with Crippen molar-refractivity contribution in [2.24, 2.45) is 0 Å². The van der Waals surface area contributed by atoms with Crippen molar-refractivity contribution in [3.05, 3.63) is 12.2 Å². The van der Waals surface area contributed by atoms with Crippen LogP contribution in [0.1, 0.15) is 264 Å². The largest absolute Gasteiger partial charge is 0.544 e. The predicted octanol–water partition coefficient (Wildman–Crippen LogP) is 14.1. The fraction of sp³-hybridized carbons (Fsp3) is 0.907. The molecular formula is C54H103NO7. The third-order valence-corrected chi connectivity index (χ3v) is 12.4. The molecule has 0 aliphatic rings. The SMILES string of the molecule is CCCCCCCCCCC/C=C/CCCCCCCCCC(=O)OC(COCCC(C(=O)[O-])[N+](C)(C)C)COC(=O)CCCCCCCCCCCCCCCCCCCC. The Labute approximate surface area is 384 Å². The maximum atomic E-state index is 12.8. The van der Waals surface area contributed by atoms with Gasteiger partial charge in [0.05, 0.1) is 40.3 Å². The molecule has 0 saturated carbocycles. The van der Waals surface area contributed by atoms with Crippen LogP contribution in [0.3, 0.4) is 0 Å². The smallest absolute Gasteiger partial charge is 0.306 e. The lowest BCUT2D eigenvalue weighted by Gasteiger charge is -2.34. The molecule has 2 unspecified atom stereocenters. The number of ether oxygens (including phenoxy) is 3. The summed E-state index contributed by atoms with van der Waals surface area (Å²) < 4.78 is 17.3. The Morgan fingerprint density at radius 2 is 0.806 bits per heavy atom. The van der Waals surface area contributed by atoms with E-state index in [0.717, 1.165) is 38.5 Å². The van der Waals surface area contributed by atoms with Crippen LogP contribution in [-0.2, 0) is 28.6 Å². The lowest BCUT2D eigenvalue weighted by Crippen LogP contribution is -2.55. The summed E-state index contributed by atoms with van der Waals surface area (Å²) in [7, 11) is 5.43. The summed E-state index contributed by atoms with van der Waals surface area (Å²) in [6, 6.07) is -0.723. The quantitative estimate of drug-likeness (QED) is 0.0260. The van der Waals surface area contributed by atoms with Gasteiger partial charge in [0.1, 0.15) is 12.6 Å². The molecule has 0 spiro atoms. The molecule has 0 amide bonds. The van der Waals surface area contributed by atoms with E-state index >= 15 is 0 Å². The van der Waals surface area contributed by atoms with Crippen LogP contribution < -0.4 is 5.11 Å². The minimum absolute atomic E-state index is 0.0452. The molecule has 366 valence electrons. The molecule has 0 fully saturated rings. The van der Waals surface area contributed by atoms with E-state index in [4.69, 9.17) is 14.2 Å². The molecule has 0 N–H and O–H groups in total. The molecule has 8 heteroatoms. The summed E-state index contributed by atoms with van der Waals surface area (Å²) in [5, 5.41) is 11.7. The number of aliphatic carboxylic acids is 1. The van der Waals surface area contributed by atoms with Gasteiger partial charge in [0, 0.05) is 19.3 Å². The van der Waals surface area contributed by atoms with Crippen molar-refractivity contribution in [2.75, 3.05) is 41.0 Å². The molecule has 8 nitrogen and oxygen atoms in total. The first-order valence-corrected chi connectivity index (χ1v) is 26.7. The van der Waals surface area contributed by atoms with Gasteiger partial charge in [-0.3, -0.25) is 9.59 Å². The molecule has 2 atom stereocenters. The third kappa shape index (κ3) is 43.3. The second kappa shape index (κ2) is 45.6. The highest BCUT2D eigenvalue weighted by Gasteiger charge is 2.25. The fourth-order valence-corrected chi connectivity index (χ4v) is 8.25. The minimum Gasteiger partial charge on any atom is -0.544 e. The summed E-state index contributed by atoms with van der Waals surface area (Å²) in [4.78, 5) is 37.1. The Kier molecular flexibility index (Phi) is 44.2. The maximum Gasteiger partial charge on any atom is 0.306 e. The zero-order valence-electron chi connectivity index (χ0n) is 41.8. The van der Waals surface area contributed by atoms with Gasteiger partial charge < -0.3 is 28.6 Å². The number of quaternary nitrogens is 1. The van der Waals surface area contributed by atoms with Gasteiger partial charge >= 0.3 is 11.9 Å². The molecule has 62 heavy (non-hydrogen) atoms. The number of likely N-dealkylation sites (N-methyl/N-ethyl adjacent to an activating group) is 1. The lowest BCUT2D eigenvalue weighted by atomic mass is 10.0. The highest BCUT2D eigenvalue weighted by Crippen LogP contribution is 2.17. The average molecular weight is 878 g/mol. The van der Waals surface area contributed by atoms with E-state index in [1.165, 1.54) is 193 Å². The number of unbranched alkanes of at least 4 members (excludes halogenated alkanes) is 33. The number of rotatable bonds is 49. The van der Waals surface area contributed by atoms with Gasteiger partial charge in [-0.25, -0.2) is 0 Å². The highest BCUT2D eigenvalue weighted by atomic mass is 16.6. The summed E-state index contributed by atoms with van der Waals surface area (Å²) >= 11 is 0. The Balaban J connectivity index is 4.19. The normalized spacial score (nSPS) is 12.9. The first kappa shape index (κ1) is 60.1. The molecule has 0 aromatic carbocycles. The topological polar surface area (TPSA) is 102 Å². The van der Waals surface area contributed by atoms with E-state index in [9.17, 15) is 19.5 Å². The van der Waals surface area contributed by atoms with Gasteiger partial charge in [0.2, 0.25) is 0 Å². The molecule has 0 rings (SSSR count). The van der Waals surface area contributed by atoms with Crippen LogP contribution in [0.5, 0.6) is 0 Å². The monoisotopic (exact) mass is 878 g/mol. The maximum absolute atomic E-state index is 12.8. The minimum atomic E-state index is -1.12. The summed E-state index contributed by atoms with van der Waals surface area (Å²) in [5.74, 6) is -1.72. The Bertz CT molecular complexity index is 1020. The van der Waals surface area contributed by atoms with Gasteiger partial charge in [-0.15, -0.1) is 0 Å². The summed E-state index contributed by atoms with van der Waals surface area (Å²) in [5.41, 5.74) is 0. The Hall–Kier alpha value is -1.93. The number of carboxylic acid groups (broad SMARTS) is 1. The van der Waals surface area contributed by atoms with Crippen molar-refractivity contribution in [3.63, 3.8) is 0 Å². The molecule has 0 heterocycles. The van der Waals surface area contributed by atoms with Gasteiger partial charge in [0.15, 0.2) is 6.10 Å². The molecule has 0 bridgehead atoms. The number of carboxylic acids is 1. The number of esters is 2.